The average Bonchev–Trinajstić information content (AvgIpc) is 2.36. The molecule has 0 heterocycles. The number of nitrogens with one attached hydrogen (secondary N) is 1. The number of carbonyl (C=O) groups excluding carboxylic acids is 2. The predicted molar refractivity (Wildman–Crippen MR) is 67.6 cm³/mol. The molecule has 6 heteroatoms. The monoisotopic (exact) mass is 271 g/mol. The van der Waals surface area contributed by atoms with E-state index in [4.69, 9.17) is 21.1 Å². The number of benzene rings is 1. The van der Waals surface area contributed by atoms with Crippen LogP contribution in [0.1, 0.15) is 17.3 Å². The molecule has 0 aromatic heterocycles. The Morgan fingerprint density at radius 1 is 1.50 bits per heavy atom. The molecule has 1 rings (SSSR count). The van der Waals surface area contributed by atoms with Crippen LogP contribution in [-0.2, 0) is 4.79 Å². The topological polar surface area (TPSA) is 64.6 Å². The number of ether oxygens (including phenoxy) is 2. The van der Waals surface area contributed by atoms with Crippen LogP contribution in [0.2, 0.25) is 5.02 Å². The molecule has 1 aromatic carbocycles. The summed E-state index contributed by atoms with van der Waals surface area (Å²) in [6.45, 7) is 2.17. The molecule has 0 radical (unpaired) electrons. The van der Waals surface area contributed by atoms with Gasteiger partial charge >= 0.3 is 0 Å². The highest BCUT2D eigenvalue weighted by Crippen LogP contribution is 2.35. The van der Waals surface area contributed by atoms with E-state index in [2.05, 4.69) is 5.32 Å². The van der Waals surface area contributed by atoms with E-state index in [1.807, 2.05) is 6.92 Å². The average molecular weight is 272 g/mol. The summed E-state index contributed by atoms with van der Waals surface area (Å²) in [5.41, 5.74) is 0.377. The zero-order chi connectivity index (χ0) is 13.5. The van der Waals surface area contributed by atoms with Gasteiger partial charge in [-0.15, -0.1) is 0 Å². The van der Waals surface area contributed by atoms with E-state index >= 15 is 0 Å². The highest BCUT2D eigenvalue weighted by Gasteiger charge is 2.13. The fourth-order valence-electron chi connectivity index (χ4n) is 1.33. The third kappa shape index (κ3) is 3.63. The second-order valence-corrected chi connectivity index (χ2v) is 3.80. The molecule has 1 N–H and O–H groups in total. The van der Waals surface area contributed by atoms with Crippen molar-refractivity contribution in [2.45, 2.75) is 6.92 Å². The lowest BCUT2D eigenvalue weighted by Crippen LogP contribution is -2.28. The van der Waals surface area contributed by atoms with Gasteiger partial charge in [0, 0.05) is 12.1 Å². The molecule has 0 aliphatic carbocycles. The lowest BCUT2D eigenvalue weighted by Gasteiger charge is -2.12. The van der Waals surface area contributed by atoms with Crippen molar-refractivity contribution in [3.8, 4) is 11.5 Å². The molecule has 0 saturated heterocycles. The first kappa shape index (κ1) is 14.3. The van der Waals surface area contributed by atoms with Crippen molar-refractivity contribution in [2.24, 2.45) is 0 Å². The molecule has 0 unspecified atom stereocenters. The third-order valence-electron chi connectivity index (χ3n) is 2.11. The summed E-state index contributed by atoms with van der Waals surface area (Å²) < 4.78 is 10.3. The Balaban J connectivity index is 2.87. The van der Waals surface area contributed by atoms with Crippen molar-refractivity contribution in [1.29, 1.82) is 0 Å². The van der Waals surface area contributed by atoms with Gasteiger partial charge in [0.05, 0.1) is 12.1 Å². The van der Waals surface area contributed by atoms with Gasteiger partial charge in [-0.1, -0.05) is 11.6 Å². The standard InChI is InChI=1S/C12H14ClNO4/c1-3-14-11(16)7-18-12-9(13)4-8(6-15)5-10(12)17-2/h4-6H,3,7H2,1-2H3,(H,14,16). The molecule has 0 saturated carbocycles. The number of methoxy groups -OCH3 is 1. The maximum absolute atomic E-state index is 11.3. The summed E-state index contributed by atoms with van der Waals surface area (Å²) in [6.07, 6.45) is 0.655. The van der Waals surface area contributed by atoms with E-state index in [9.17, 15) is 9.59 Å². The van der Waals surface area contributed by atoms with Crippen LogP contribution >= 0.6 is 11.6 Å². The Labute approximate surface area is 110 Å². The van der Waals surface area contributed by atoms with Crippen molar-refractivity contribution in [2.75, 3.05) is 20.3 Å². The van der Waals surface area contributed by atoms with Crippen LogP contribution in [0.3, 0.4) is 0 Å². The Morgan fingerprint density at radius 3 is 2.78 bits per heavy atom. The van der Waals surface area contributed by atoms with Gasteiger partial charge in [0.15, 0.2) is 18.1 Å². The van der Waals surface area contributed by atoms with Gasteiger partial charge in [0.2, 0.25) is 0 Å². The predicted octanol–water partition coefficient (Wildman–Crippen LogP) is 1.68. The van der Waals surface area contributed by atoms with Crippen LogP contribution in [0.5, 0.6) is 11.5 Å². The van der Waals surface area contributed by atoms with Crippen molar-refractivity contribution in [3.63, 3.8) is 0 Å². The molecule has 0 spiro atoms. The van der Waals surface area contributed by atoms with Crippen molar-refractivity contribution in [1.82, 2.24) is 5.32 Å². The second-order valence-electron chi connectivity index (χ2n) is 3.39. The van der Waals surface area contributed by atoms with Crippen molar-refractivity contribution in [3.05, 3.63) is 22.7 Å². The molecule has 0 fully saturated rings. The number of aldehydes is 1. The minimum Gasteiger partial charge on any atom is -0.493 e. The quantitative estimate of drug-likeness (QED) is 0.800. The van der Waals surface area contributed by atoms with E-state index in [-0.39, 0.29) is 23.3 Å². The van der Waals surface area contributed by atoms with E-state index in [1.165, 1.54) is 19.2 Å². The first-order valence-corrected chi connectivity index (χ1v) is 5.72. The number of carbonyl (C=O) groups is 2. The maximum Gasteiger partial charge on any atom is 0.257 e. The van der Waals surface area contributed by atoms with Crippen LogP contribution in [0, 0.1) is 0 Å². The number of amides is 1. The number of rotatable bonds is 6. The van der Waals surface area contributed by atoms with Gasteiger partial charge in [-0.05, 0) is 19.1 Å². The van der Waals surface area contributed by atoms with E-state index in [1.54, 1.807) is 0 Å². The van der Waals surface area contributed by atoms with Crippen LogP contribution in [0.25, 0.3) is 0 Å². The van der Waals surface area contributed by atoms with Crippen LogP contribution < -0.4 is 14.8 Å². The van der Waals surface area contributed by atoms with E-state index in [0.717, 1.165) is 0 Å². The fraction of sp³-hybridized carbons (Fsp3) is 0.333. The fourth-order valence-corrected chi connectivity index (χ4v) is 1.61. The Bertz CT molecular complexity index is 448. The van der Waals surface area contributed by atoms with Gasteiger partial charge in [-0.2, -0.15) is 0 Å². The van der Waals surface area contributed by atoms with Gasteiger partial charge in [-0.25, -0.2) is 0 Å². The lowest BCUT2D eigenvalue weighted by atomic mass is 10.2. The lowest BCUT2D eigenvalue weighted by molar-refractivity contribution is -0.123. The smallest absolute Gasteiger partial charge is 0.257 e. The zero-order valence-electron chi connectivity index (χ0n) is 10.2. The van der Waals surface area contributed by atoms with E-state index in [0.29, 0.717) is 24.1 Å². The Morgan fingerprint density at radius 2 is 2.22 bits per heavy atom. The minimum absolute atomic E-state index is 0.162. The molecule has 5 nitrogen and oxygen atoms in total. The molecular formula is C12H14ClNO4. The molecule has 18 heavy (non-hydrogen) atoms. The second kappa shape index (κ2) is 6.86. The van der Waals surface area contributed by atoms with Crippen LogP contribution in [-0.4, -0.2) is 32.5 Å². The number of hydrogen-bond donors (Lipinski definition) is 1. The largest absolute Gasteiger partial charge is 0.493 e. The van der Waals surface area contributed by atoms with Gasteiger partial charge in [-0.3, -0.25) is 9.59 Å². The molecular weight excluding hydrogens is 258 g/mol. The molecule has 0 aliphatic rings. The highest BCUT2D eigenvalue weighted by atomic mass is 35.5. The molecule has 0 aliphatic heterocycles. The Kier molecular flexibility index (Phi) is 5.45. The summed E-state index contributed by atoms with van der Waals surface area (Å²) in [5, 5.41) is 2.81. The zero-order valence-corrected chi connectivity index (χ0v) is 10.9. The summed E-state index contributed by atoms with van der Waals surface area (Å²) in [4.78, 5) is 21.9. The molecule has 98 valence electrons. The summed E-state index contributed by atoms with van der Waals surface area (Å²) in [7, 11) is 1.43. The summed E-state index contributed by atoms with van der Waals surface area (Å²) in [5.74, 6) is 0.306. The first-order valence-electron chi connectivity index (χ1n) is 5.34. The number of halogens is 1. The Hall–Kier alpha value is -1.75. The van der Waals surface area contributed by atoms with Gasteiger partial charge < -0.3 is 14.8 Å². The number of likely N-dealkylation sites (N-methyl/N-ethyl adjacent to an activating group) is 1. The molecule has 1 amide bonds. The third-order valence-corrected chi connectivity index (χ3v) is 2.39. The van der Waals surface area contributed by atoms with Gasteiger partial charge in [0.25, 0.3) is 5.91 Å². The maximum atomic E-state index is 11.3. The molecule has 0 atom stereocenters. The highest BCUT2D eigenvalue weighted by molar-refractivity contribution is 6.32. The molecule has 0 bridgehead atoms. The molecule has 1 aromatic rings. The van der Waals surface area contributed by atoms with Crippen molar-refractivity contribution >= 4 is 23.8 Å². The normalized spacial score (nSPS) is 9.72. The SMILES string of the molecule is CCNC(=O)COc1c(Cl)cc(C=O)cc1OC. The minimum atomic E-state index is -0.255. The number of hydrogen-bond acceptors (Lipinski definition) is 4. The van der Waals surface area contributed by atoms with E-state index < -0.39 is 0 Å². The summed E-state index contributed by atoms with van der Waals surface area (Å²) >= 11 is 5.96. The first-order chi connectivity index (χ1) is 8.62. The van der Waals surface area contributed by atoms with Crippen LogP contribution in [0.15, 0.2) is 12.1 Å². The van der Waals surface area contributed by atoms with Gasteiger partial charge in [0.1, 0.15) is 6.29 Å². The van der Waals surface area contributed by atoms with Crippen molar-refractivity contribution < 1.29 is 19.1 Å². The summed E-state index contributed by atoms with van der Waals surface area (Å²) in [6, 6.07) is 2.94. The van der Waals surface area contributed by atoms with Crippen LogP contribution in [0.4, 0.5) is 0 Å².